The van der Waals surface area contributed by atoms with Crippen LogP contribution in [0.25, 0.3) is 44.3 Å². The molecule has 8 aromatic rings. The van der Waals surface area contributed by atoms with Crippen molar-refractivity contribution in [3.05, 3.63) is 143 Å². The van der Waals surface area contributed by atoms with Crippen molar-refractivity contribution in [2.45, 2.75) is 65.2 Å². The van der Waals surface area contributed by atoms with Gasteiger partial charge in [0, 0.05) is 115 Å². The van der Waals surface area contributed by atoms with Gasteiger partial charge >= 0.3 is 0 Å². The molecule has 7 N–H and O–H groups in total. The van der Waals surface area contributed by atoms with Gasteiger partial charge in [-0.3, -0.25) is 14.6 Å². The number of aromatic amines is 2. The molecule has 16 heteroatoms. The Hall–Kier alpha value is -6.22. The highest BCUT2D eigenvalue weighted by Gasteiger charge is 2.23. The number of hydrogen-bond acceptors (Lipinski definition) is 10. The van der Waals surface area contributed by atoms with Crippen LogP contribution < -0.4 is 21.7 Å². The van der Waals surface area contributed by atoms with Crippen LogP contribution in [-0.2, 0) is 17.9 Å². The zero-order valence-corrected chi connectivity index (χ0v) is 38.9. The molecule has 0 bridgehead atoms. The average Bonchev–Trinajstić information content (AvgIpc) is 3.95. The fourth-order valence-electron chi connectivity index (χ4n) is 8.66. The number of carbonyl (C=O) groups is 1. The van der Waals surface area contributed by atoms with E-state index >= 15 is 0 Å². The van der Waals surface area contributed by atoms with Crippen LogP contribution >= 0.6 is 35.6 Å². The maximum absolute atomic E-state index is 11.2. The van der Waals surface area contributed by atoms with Crippen LogP contribution in [0.3, 0.4) is 0 Å². The Labute approximate surface area is 407 Å². The Bertz CT molecular complexity index is 2870. The van der Waals surface area contributed by atoms with Crippen LogP contribution in [0.1, 0.15) is 51.2 Å². The number of H-pyrrole nitrogens is 2. The van der Waals surface area contributed by atoms with Gasteiger partial charge in [0.05, 0.1) is 33.8 Å². The number of halogens is 3. The molecular weight excluding hydrogens is 903 g/mol. The van der Waals surface area contributed by atoms with Gasteiger partial charge in [0.2, 0.25) is 17.8 Å². The first kappa shape index (κ1) is 48.7. The van der Waals surface area contributed by atoms with E-state index in [0.717, 1.165) is 121 Å². The first-order chi connectivity index (χ1) is 31.7. The first-order valence-electron chi connectivity index (χ1n) is 22.1. The molecule has 2 fully saturated rings. The molecule has 13 nitrogen and oxygen atoms in total. The number of carbonyl (C=O) groups excluding carboxylic acids is 1. The van der Waals surface area contributed by atoms with E-state index in [0.29, 0.717) is 34.0 Å². The molecule has 2 aliphatic heterocycles. The number of nitrogen functional groups attached to an aromatic ring is 1. The van der Waals surface area contributed by atoms with E-state index in [9.17, 15) is 4.79 Å². The molecule has 0 radical (unpaired) electrons. The van der Waals surface area contributed by atoms with Gasteiger partial charge in [0.15, 0.2) is 0 Å². The number of fused-ring (bicyclic) bond motifs is 2. The maximum atomic E-state index is 11.2. The molecule has 0 atom stereocenters. The molecule has 10 rings (SSSR count). The number of anilines is 4. The summed E-state index contributed by atoms with van der Waals surface area (Å²) in [6.45, 7) is 7.42. The minimum Gasteiger partial charge on any atom is -0.399 e. The van der Waals surface area contributed by atoms with E-state index < -0.39 is 0 Å². The molecule has 0 saturated carbocycles. The van der Waals surface area contributed by atoms with Gasteiger partial charge in [-0.05, 0) is 73.2 Å². The summed E-state index contributed by atoms with van der Waals surface area (Å²) in [5.41, 5.74) is 15.5. The van der Waals surface area contributed by atoms with E-state index in [1.807, 2.05) is 73.1 Å². The number of piperidine rings is 2. The minimum absolute atomic E-state index is 0. The van der Waals surface area contributed by atoms with Crippen LogP contribution in [0.15, 0.2) is 122 Å². The summed E-state index contributed by atoms with van der Waals surface area (Å²) in [5.74, 6) is 1.18. The summed E-state index contributed by atoms with van der Waals surface area (Å²) < 4.78 is 0. The van der Waals surface area contributed by atoms with Crippen molar-refractivity contribution in [2.24, 2.45) is 0 Å². The van der Waals surface area contributed by atoms with Crippen LogP contribution in [-0.4, -0.2) is 83.9 Å². The van der Waals surface area contributed by atoms with Crippen molar-refractivity contribution in [1.29, 1.82) is 0 Å². The summed E-state index contributed by atoms with van der Waals surface area (Å²) in [7, 11) is 0. The van der Waals surface area contributed by atoms with Gasteiger partial charge in [0.1, 0.15) is 0 Å². The predicted molar refractivity (Wildman–Crippen MR) is 278 cm³/mol. The second kappa shape index (κ2) is 22.5. The number of benzene rings is 4. The molecule has 6 heterocycles. The molecular formula is C51H57Cl3N12O. The predicted octanol–water partition coefficient (Wildman–Crippen LogP) is 11.3. The number of amides is 1. The number of nitrogens with two attached hydrogens (primary N) is 1. The van der Waals surface area contributed by atoms with Gasteiger partial charge in [-0.15, -0.1) is 12.4 Å². The summed E-state index contributed by atoms with van der Waals surface area (Å²) in [4.78, 5) is 41.1. The summed E-state index contributed by atoms with van der Waals surface area (Å²) in [6, 6.07) is 33.1. The van der Waals surface area contributed by atoms with Crippen molar-refractivity contribution in [3.8, 4) is 22.5 Å². The van der Waals surface area contributed by atoms with Crippen LogP contribution in [0, 0.1) is 0 Å². The van der Waals surface area contributed by atoms with Crippen molar-refractivity contribution >= 4 is 86.6 Å². The number of nitrogens with zero attached hydrogens (tertiary/aromatic N) is 6. The highest BCUT2D eigenvalue weighted by Crippen LogP contribution is 2.34. The van der Waals surface area contributed by atoms with E-state index in [1.165, 1.54) is 18.1 Å². The third-order valence-corrected chi connectivity index (χ3v) is 12.6. The van der Waals surface area contributed by atoms with Crippen LogP contribution in [0.4, 0.5) is 23.3 Å². The van der Waals surface area contributed by atoms with Crippen molar-refractivity contribution in [2.75, 3.05) is 47.9 Å². The molecule has 2 saturated heterocycles. The highest BCUT2D eigenvalue weighted by molar-refractivity contribution is 6.33. The summed E-state index contributed by atoms with van der Waals surface area (Å²) in [6.07, 6.45) is 11.4. The Balaban J connectivity index is 0.000000194. The first-order valence-corrected chi connectivity index (χ1v) is 22.8. The number of para-hydroxylation sites is 2. The van der Waals surface area contributed by atoms with Gasteiger partial charge in [-0.25, -0.2) is 19.9 Å². The number of nitrogens with one attached hydrogen (secondary N) is 5. The van der Waals surface area contributed by atoms with Gasteiger partial charge in [0.25, 0.3) is 0 Å². The third-order valence-electron chi connectivity index (χ3n) is 12.1. The van der Waals surface area contributed by atoms with Crippen LogP contribution in [0.2, 0.25) is 10.0 Å². The van der Waals surface area contributed by atoms with Crippen molar-refractivity contribution in [1.82, 2.24) is 39.7 Å². The fraction of sp³-hybridized carbons (Fsp3) is 0.275. The Morgan fingerprint density at radius 1 is 0.657 bits per heavy atom. The van der Waals surface area contributed by atoms with Gasteiger partial charge in [-0.1, -0.05) is 91.3 Å². The topological polar surface area (TPSA) is 169 Å². The second-order valence-corrected chi connectivity index (χ2v) is 17.6. The second-order valence-electron chi connectivity index (χ2n) is 16.8. The zero-order valence-electron chi connectivity index (χ0n) is 36.6. The summed E-state index contributed by atoms with van der Waals surface area (Å²) in [5, 5.41) is 13.1. The van der Waals surface area contributed by atoms with E-state index in [2.05, 4.69) is 82.1 Å². The lowest BCUT2D eigenvalue weighted by atomic mass is 10.0. The molecule has 0 aliphatic carbocycles. The Morgan fingerprint density at radius 3 is 1.51 bits per heavy atom. The quantitative estimate of drug-likeness (QED) is 0.0686. The molecule has 2 aliphatic rings. The molecule has 4 aromatic carbocycles. The zero-order chi connectivity index (χ0) is 44.7. The lowest BCUT2D eigenvalue weighted by Gasteiger charge is -2.32. The average molecular weight is 960 g/mol. The molecule has 4 aromatic heterocycles. The SMILES string of the molecule is C.CC(=O)Nc1ccc(CN2CCC(Nc3ncc(Cl)c(-c4c[nH]c5ccccc45)n3)CC2)cc1.Cl.Nc1ccc(CN2CCC(Nc3ncc(Cl)c(-c4c[nH]c5ccccc45)n3)CC2)cc1. The van der Waals surface area contributed by atoms with Crippen molar-refractivity contribution in [3.63, 3.8) is 0 Å². The van der Waals surface area contributed by atoms with Gasteiger partial charge < -0.3 is 31.7 Å². The van der Waals surface area contributed by atoms with E-state index in [4.69, 9.17) is 38.9 Å². The number of hydrogen-bond donors (Lipinski definition) is 6. The van der Waals surface area contributed by atoms with Crippen molar-refractivity contribution < 1.29 is 4.79 Å². The van der Waals surface area contributed by atoms with E-state index in [1.54, 1.807) is 12.4 Å². The smallest absolute Gasteiger partial charge is 0.223 e. The third kappa shape index (κ3) is 12.2. The van der Waals surface area contributed by atoms with Gasteiger partial charge in [-0.2, -0.15) is 0 Å². The maximum Gasteiger partial charge on any atom is 0.223 e. The number of aromatic nitrogens is 6. The molecule has 0 spiro atoms. The lowest BCUT2D eigenvalue weighted by Crippen LogP contribution is -2.39. The Morgan fingerprint density at radius 2 is 1.07 bits per heavy atom. The number of likely N-dealkylation sites (tertiary alicyclic amines) is 2. The molecule has 67 heavy (non-hydrogen) atoms. The minimum atomic E-state index is -0.0550. The molecule has 1 amide bonds. The standard InChI is InChI=1S/C26H27ClN6O.C24H25ClN6.CH4.ClH/c1-17(34)30-19-8-6-18(7-9-19)16-33-12-10-20(11-13-33)31-26-29-15-23(27)25(32-26)22-14-28-24-5-3-2-4-21(22)24;25-21-14-28-24(30-23(21)20-13-27-22-4-2-1-3-19(20)22)29-18-9-11-31(12-10-18)15-16-5-7-17(26)8-6-16;;/h2-9,14-15,20,28H,10-13,16H2,1H3,(H,30,34)(H,29,31,32);1-8,13-14,18,27H,9-12,15,26H2,(H,28,29,30);1H4;1H. The Kier molecular flexibility index (Phi) is 16.4. The molecule has 0 unspecified atom stereocenters. The van der Waals surface area contributed by atoms with E-state index in [-0.39, 0.29) is 25.7 Å². The monoisotopic (exact) mass is 958 g/mol. The highest BCUT2D eigenvalue weighted by atomic mass is 35.5. The lowest BCUT2D eigenvalue weighted by molar-refractivity contribution is -0.114. The summed E-state index contributed by atoms with van der Waals surface area (Å²) >= 11 is 12.9. The number of rotatable bonds is 11. The molecule has 348 valence electrons. The normalized spacial score (nSPS) is 14.7. The fourth-order valence-corrected chi connectivity index (χ4v) is 9.04. The van der Waals surface area contributed by atoms with Crippen LogP contribution in [0.5, 0.6) is 0 Å². The largest absolute Gasteiger partial charge is 0.399 e.